The highest BCUT2D eigenvalue weighted by atomic mass is 16.4. The highest BCUT2D eigenvalue weighted by molar-refractivity contribution is 5.78. The van der Waals surface area contributed by atoms with Gasteiger partial charge in [0.25, 0.3) is 0 Å². The van der Waals surface area contributed by atoms with E-state index < -0.39 is 5.97 Å². The van der Waals surface area contributed by atoms with Gasteiger partial charge in [0.2, 0.25) is 5.91 Å². The van der Waals surface area contributed by atoms with Crippen molar-refractivity contribution in [2.24, 2.45) is 11.7 Å². The van der Waals surface area contributed by atoms with Crippen LogP contribution in [0, 0.1) is 5.92 Å². The van der Waals surface area contributed by atoms with E-state index in [-0.39, 0.29) is 11.8 Å². The van der Waals surface area contributed by atoms with Gasteiger partial charge in [-0.3, -0.25) is 9.59 Å². The molecule has 124 valence electrons. The molecule has 0 rings (SSSR count). The van der Waals surface area contributed by atoms with Gasteiger partial charge in [-0.25, -0.2) is 0 Å². The fourth-order valence-corrected chi connectivity index (χ4v) is 2.23. The Morgan fingerprint density at radius 3 is 2.05 bits per heavy atom. The largest absolute Gasteiger partial charge is 0.481 e. The number of carboxylic acid groups (broad SMARTS) is 1. The Morgan fingerprint density at radius 2 is 1.52 bits per heavy atom. The lowest BCUT2D eigenvalue weighted by atomic mass is 10.1. The molecule has 0 bridgehead atoms. The van der Waals surface area contributed by atoms with Crippen LogP contribution in [0.4, 0.5) is 0 Å². The van der Waals surface area contributed by atoms with Crippen LogP contribution in [0.1, 0.15) is 71.1 Å². The topological polar surface area (TPSA) is 92.4 Å². The molecular weight excluding hydrogens is 268 g/mol. The molecule has 0 radical (unpaired) electrons. The number of carbonyl (C=O) groups excluding carboxylic acids is 1. The second-order valence-corrected chi connectivity index (χ2v) is 5.74. The zero-order chi connectivity index (χ0) is 15.9. The first-order valence-electron chi connectivity index (χ1n) is 8.27. The number of nitrogens with one attached hydrogen (secondary N) is 1. The van der Waals surface area contributed by atoms with Gasteiger partial charge in [0.1, 0.15) is 0 Å². The molecule has 0 aromatic carbocycles. The van der Waals surface area contributed by atoms with Crippen LogP contribution in [-0.2, 0) is 9.59 Å². The Labute approximate surface area is 128 Å². The van der Waals surface area contributed by atoms with Crippen molar-refractivity contribution in [2.45, 2.75) is 71.1 Å². The van der Waals surface area contributed by atoms with E-state index in [2.05, 4.69) is 5.32 Å². The van der Waals surface area contributed by atoms with Gasteiger partial charge in [-0.2, -0.15) is 0 Å². The van der Waals surface area contributed by atoms with E-state index in [4.69, 9.17) is 10.8 Å². The number of carboxylic acids is 1. The molecule has 1 unspecified atom stereocenters. The maximum Gasteiger partial charge on any atom is 0.303 e. The summed E-state index contributed by atoms with van der Waals surface area (Å²) < 4.78 is 0. The summed E-state index contributed by atoms with van der Waals surface area (Å²) >= 11 is 0. The van der Waals surface area contributed by atoms with Crippen molar-refractivity contribution in [3.8, 4) is 0 Å². The third kappa shape index (κ3) is 13.6. The number of carbonyl (C=O) groups is 2. The monoisotopic (exact) mass is 300 g/mol. The van der Waals surface area contributed by atoms with Crippen molar-refractivity contribution in [1.82, 2.24) is 5.32 Å². The summed E-state index contributed by atoms with van der Waals surface area (Å²) in [6.45, 7) is 3.22. The lowest BCUT2D eigenvalue weighted by Gasteiger charge is -2.10. The lowest BCUT2D eigenvalue weighted by Crippen LogP contribution is -2.31. The van der Waals surface area contributed by atoms with E-state index in [1.807, 2.05) is 6.92 Å². The average molecular weight is 300 g/mol. The number of hydrogen-bond donors (Lipinski definition) is 3. The quantitative estimate of drug-likeness (QED) is 0.430. The SMILES string of the molecule is CC(CCN)C(=O)NCCCCCCCCCCC(=O)O. The van der Waals surface area contributed by atoms with Gasteiger partial charge in [-0.1, -0.05) is 45.4 Å². The summed E-state index contributed by atoms with van der Waals surface area (Å²) in [5, 5.41) is 11.5. The maximum absolute atomic E-state index is 11.6. The molecule has 0 saturated carbocycles. The van der Waals surface area contributed by atoms with E-state index >= 15 is 0 Å². The van der Waals surface area contributed by atoms with Gasteiger partial charge < -0.3 is 16.2 Å². The zero-order valence-electron chi connectivity index (χ0n) is 13.4. The lowest BCUT2D eigenvalue weighted by molar-refractivity contribution is -0.137. The molecule has 0 fully saturated rings. The summed E-state index contributed by atoms with van der Waals surface area (Å²) in [5.74, 6) is -0.572. The molecule has 0 spiro atoms. The van der Waals surface area contributed by atoms with Crippen LogP contribution in [0.15, 0.2) is 0 Å². The van der Waals surface area contributed by atoms with Crippen molar-refractivity contribution >= 4 is 11.9 Å². The van der Waals surface area contributed by atoms with Crippen LogP contribution in [0.25, 0.3) is 0 Å². The molecule has 5 nitrogen and oxygen atoms in total. The van der Waals surface area contributed by atoms with Crippen LogP contribution in [0.2, 0.25) is 0 Å². The van der Waals surface area contributed by atoms with Crippen molar-refractivity contribution in [3.05, 3.63) is 0 Å². The van der Waals surface area contributed by atoms with Crippen LogP contribution in [-0.4, -0.2) is 30.1 Å². The summed E-state index contributed by atoms with van der Waals surface area (Å²) in [6, 6.07) is 0. The maximum atomic E-state index is 11.6. The summed E-state index contributed by atoms with van der Waals surface area (Å²) in [6.07, 6.45) is 9.71. The molecule has 1 amide bonds. The van der Waals surface area contributed by atoms with E-state index in [1.165, 1.54) is 19.3 Å². The number of rotatable bonds is 14. The van der Waals surface area contributed by atoms with E-state index in [0.717, 1.165) is 45.1 Å². The van der Waals surface area contributed by atoms with Crippen LogP contribution in [0.5, 0.6) is 0 Å². The minimum atomic E-state index is -0.696. The molecular formula is C16H32N2O3. The minimum Gasteiger partial charge on any atom is -0.481 e. The number of hydrogen-bond acceptors (Lipinski definition) is 3. The molecule has 4 N–H and O–H groups in total. The smallest absolute Gasteiger partial charge is 0.303 e. The molecule has 0 aromatic heterocycles. The summed E-state index contributed by atoms with van der Waals surface area (Å²) in [5.41, 5.74) is 5.43. The molecule has 0 heterocycles. The van der Waals surface area contributed by atoms with Gasteiger partial charge >= 0.3 is 5.97 Å². The van der Waals surface area contributed by atoms with Crippen molar-refractivity contribution in [3.63, 3.8) is 0 Å². The fraction of sp³-hybridized carbons (Fsp3) is 0.875. The number of nitrogens with two attached hydrogens (primary N) is 1. The number of unbranched alkanes of at least 4 members (excludes halogenated alkanes) is 7. The Hall–Kier alpha value is -1.10. The standard InChI is InChI=1S/C16H32N2O3/c1-14(11-12-17)16(21)18-13-9-7-5-3-2-4-6-8-10-15(19)20/h14H,2-13,17H2,1H3,(H,18,21)(H,19,20). The third-order valence-electron chi connectivity index (χ3n) is 3.66. The number of amides is 1. The highest BCUT2D eigenvalue weighted by Gasteiger charge is 2.10. The second kappa shape index (κ2) is 13.9. The van der Waals surface area contributed by atoms with Gasteiger partial charge in [-0.15, -0.1) is 0 Å². The predicted octanol–water partition coefficient (Wildman–Crippen LogP) is 2.68. The Balaban J connectivity index is 3.22. The van der Waals surface area contributed by atoms with Gasteiger partial charge in [0.15, 0.2) is 0 Å². The Bertz CT molecular complexity index is 283. The minimum absolute atomic E-state index is 0.0146. The first-order chi connectivity index (χ1) is 10.1. The second-order valence-electron chi connectivity index (χ2n) is 5.74. The molecule has 21 heavy (non-hydrogen) atoms. The van der Waals surface area contributed by atoms with Crippen molar-refractivity contribution < 1.29 is 14.7 Å². The molecule has 0 aromatic rings. The first-order valence-corrected chi connectivity index (χ1v) is 8.27. The normalized spacial score (nSPS) is 12.1. The van der Waals surface area contributed by atoms with Crippen LogP contribution >= 0.6 is 0 Å². The van der Waals surface area contributed by atoms with Crippen molar-refractivity contribution in [2.75, 3.05) is 13.1 Å². The molecule has 5 heteroatoms. The molecule has 1 atom stereocenters. The highest BCUT2D eigenvalue weighted by Crippen LogP contribution is 2.09. The van der Waals surface area contributed by atoms with E-state index in [1.54, 1.807) is 0 Å². The molecule has 0 saturated heterocycles. The average Bonchev–Trinajstić information content (AvgIpc) is 2.44. The Morgan fingerprint density at radius 1 is 1.00 bits per heavy atom. The van der Waals surface area contributed by atoms with Crippen LogP contribution in [0.3, 0.4) is 0 Å². The molecule has 0 aliphatic heterocycles. The fourth-order valence-electron chi connectivity index (χ4n) is 2.23. The van der Waals surface area contributed by atoms with E-state index in [0.29, 0.717) is 13.0 Å². The van der Waals surface area contributed by atoms with Gasteiger partial charge in [0.05, 0.1) is 0 Å². The van der Waals surface area contributed by atoms with Crippen molar-refractivity contribution in [1.29, 1.82) is 0 Å². The molecule has 0 aliphatic rings. The van der Waals surface area contributed by atoms with E-state index in [9.17, 15) is 9.59 Å². The first kappa shape index (κ1) is 19.9. The predicted molar refractivity (Wildman–Crippen MR) is 85.0 cm³/mol. The molecule has 0 aliphatic carbocycles. The summed E-state index contributed by atoms with van der Waals surface area (Å²) in [7, 11) is 0. The summed E-state index contributed by atoms with van der Waals surface area (Å²) in [4.78, 5) is 21.9. The number of aliphatic carboxylic acids is 1. The zero-order valence-corrected chi connectivity index (χ0v) is 13.4. The Kier molecular flexibility index (Phi) is 13.1. The van der Waals surface area contributed by atoms with Gasteiger partial charge in [0, 0.05) is 18.9 Å². The van der Waals surface area contributed by atoms with Gasteiger partial charge in [-0.05, 0) is 25.8 Å². The third-order valence-corrected chi connectivity index (χ3v) is 3.66. The van der Waals surface area contributed by atoms with Crippen LogP contribution < -0.4 is 11.1 Å².